The van der Waals surface area contributed by atoms with E-state index in [4.69, 9.17) is 4.74 Å². The molecule has 0 saturated carbocycles. The first-order valence-electron chi connectivity index (χ1n) is 11.7. The molecule has 0 bridgehead atoms. The molecule has 3 aromatic carbocycles. The summed E-state index contributed by atoms with van der Waals surface area (Å²) in [4.78, 5) is 27.1. The number of piperidine rings is 1. The lowest BCUT2D eigenvalue weighted by molar-refractivity contribution is -0.131. The van der Waals surface area contributed by atoms with Gasteiger partial charge in [0, 0.05) is 30.8 Å². The number of likely N-dealkylation sites (tertiary alicyclic amines) is 1. The smallest absolute Gasteiger partial charge is 0.244 e. The zero-order valence-corrected chi connectivity index (χ0v) is 19.4. The number of amides is 2. The predicted molar refractivity (Wildman–Crippen MR) is 135 cm³/mol. The number of ether oxygens (including phenoxy) is 1. The van der Waals surface area contributed by atoms with Crippen molar-refractivity contribution in [1.29, 1.82) is 0 Å². The van der Waals surface area contributed by atoms with E-state index in [0.29, 0.717) is 19.5 Å². The first-order chi connectivity index (χ1) is 16.6. The molecule has 5 nitrogen and oxygen atoms in total. The van der Waals surface area contributed by atoms with Gasteiger partial charge in [0.25, 0.3) is 0 Å². The lowest BCUT2D eigenvalue weighted by Crippen LogP contribution is -2.46. The van der Waals surface area contributed by atoms with Crippen molar-refractivity contribution in [3.63, 3.8) is 0 Å². The Morgan fingerprint density at radius 2 is 1.65 bits per heavy atom. The summed E-state index contributed by atoms with van der Waals surface area (Å²) in [5.74, 6) is 0.718. The van der Waals surface area contributed by atoms with Crippen LogP contribution in [-0.4, -0.2) is 43.0 Å². The van der Waals surface area contributed by atoms with Gasteiger partial charge in [-0.05, 0) is 47.7 Å². The van der Waals surface area contributed by atoms with Crippen molar-refractivity contribution in [1.82, 2.24) is 10.2 Å². The molecule has 1 aliphatic heterocycles. The number of carbonyl (C=O) groups is 2. The quantitative estimate of drug-likeness (QED) is 0.526. The fourth-order valence-electron chi connectivity index (χ4n) is 4.27. The van der Waals surface area contributed by atoms with E-state index in [-0.39, 0.29) is 17.9 Å². The number of hydrogen-bond acceptors (Lipinski definition) is 3. The Kier molecular flexibility index (Phi) is 7.76. The summed E-state index contributed by atoms with van der Waals surface area (Å²) >= 11 is 0. The molecule has 3 aromatic rings. The number of para-hydroxylation sites is 1. The third-order valence-electron chi connectivity index (χ3n) is 6.15. The van der Waals surface area contributed by atoms with Crippen molar-refractivity contribution in [2.24, 2.45) is 0 Å². The summed E-state index contributed by atoms with van der Waals surface area (Å²) in [6.45, 7) is 1.28. The van der Waals surface area contributed by atoms with Crippen LogP contribution in [0, 0.1) is 0 Å². The monoisotopic (exact) mass is 454 g/mol. The SMILES string of the molecule is COc1ccccc1CC(=O)N1CCC(NC(=O)/C=C/c2cccc(-c3ccccc3)c2)CC1. The van der Waals surface area contributed by atoms with Crippen LogP contribution >= 0.6 is 0 Å². The van der Waals surface area contributed by atoms with Crippen LogP contribution in [0.4, 0.5) is 0 Å². The van der Waals surface area contributed by atoms with Gasteiger partial charge in [-0.25, -0.2) is 0 Å². The van der Waals surface area contributed by atoms with E-state index in [2.05, 4.69) is 29.6 Å². The lowest BCUT2D eigenvalue weighted by atomic mass is 10.0. The van der Waals surface area contributed by atoms with Crippen LogP contribution in [0.5, 0.6) is 5.75 Å². The number of rotatable bonds is 7. The van der Waals surface area contributed by atoms with E-state index in [9.17, 15) is 9.59 Å². The molecule has 174 valence electrons. The molecule has 0 radical (unpaired) electrons. The topological polar surface area (TPSA) is 58.6 Å². The molecular formula is C29H30N2O3. The zero-order valence-electron chi connectivity index (χ0n) is 19.4. The van der Waals surface area contributed by atoms with Crippen molar-refractivity contribution in [2.75, 3.05) is 20.2 Å². The number of carbonyl (C=O) groups excluding carboxylic acids is 2. The Bertz CT molecular complexity index is 1150. The van der Waals surface area contributed by atoms with E-state index in [1.807, 2.05) is 65.6 Å². The minimum Gasteiger partial charge on any atom is -0.496 e. The first-order valence-corrected chi connectivity index (χ1v) is 11.7. The average molecular weight is 455 g/mol. The van der Waals surface area contributed by atoms with Crippen molar-refractivity contribution in [2.45, 2.75) is 25.3 Å². The van der Waals surface area contributed by atoms with Gasteiger partial charge in [0.1, 0.15) is 5.75 Å². The van der Waals surface area contributed by atoms with E-state index in [1.165, 1.54) is 0 Å². The Balaban J connectivity index is 1.26. The minimum absolute atomic E-state index is 0.0723. The predicted octanol–water partition coefficient (Wildman–Crippen LogP) is 4.73. The highest BCUT2D eigenvalue weighted by atomic mass is 16.5. The second-order valence-corrected chi connectivity index (χ2v) is 8.48. The minimum atomic E-state index is -0.107. The molecule has 1 aliphatic rings. The maximum absolute atomic E-state index is 12.7. The highest BCUT2D eigenvalue weighted by Crippen LogP contribution is 2.21. The molecule has 0 spiro atoms. The van der Waals surface area contributed by atoms with Crippen LogP contribution in [0.25, 0.3) is 17.2 Å². The van der Waals surface area contributed by atoms with Crippen LogP contribution in [0.3, 0.4) is 0 Å². The average Bonchev–Trinajstić information content (AvgIpc) is 2.89. The van der Waals surface area contributed by atoms with Gasteiger partial charge in [-0.1, -0.05) is 66.7 Å². The van der Waals surface area contributed by atoms with Crippen LogP contribution < -0.4 is 10.1 Å². The van der Waals surface area contributed by atoms with Gasteiger partial charge < -0.3 is 15.0 Å². The maximum atomic E-state index is 12.7. The molecule has 2 amide bonds. The lowest BCUT2D eigenvalue weighted by Gasteiger charge is -2.32. The highest BCUT2D eigenvalue weighted by Gasteiger charge is 2.24. The normalized spacial score (nSPS) is 14.2. The Hall–Kier alpha value is -3.86. The Morgan fingerprint density at radius 1 is 0.941 bits per heavy atom. The molecular weight excluding hydrogens is 424 g/mol. The Labute approximate surface area is 201 Å². The highest BCUT2D eigenvalue weighted by molar-refractivity contribution is 5.92. The van der Waals surface area contributed by atoms with E-state index in [0.717, 1.165) is 40.8 Å². The number of hydrogen-bond donors (Lipinski definition) is 1. The fraction of sp³-hybridized carbons (Fsp3) is 0.241. The summed E-state index contributed by atoms with van der Waals surface area (Å²) < 4.78 is 5.35. The fourth-order valence-corrected chi connectivity index (χ4v) is 4.27. The van der Waals surface area contributed by atoms with Crippen molar-refractivity contribution >= 4 is 17.9 Å². The summed E-state index contributed by atoms with van der Waals surface area (Å²) in [5.41, 5.74) is 4.14. The van der Waals surface area contributed by atoms with Crippen molar-refractivity contribution < 1.29 is 14.3 Å². The molecule has 0 aliphatic carbocycles. The number of benzene rings is 3. The third kappa shape index (κ3) is 6.13. The summed E-state index contributed by atoms with van der Waals surface area (Å²) in [6, 6.07) is 26.0. The van der Waals surface area contributed by atoms with Crippen LogP contribution in [-0.2, 0) is 16.0 Å². The molecule has 0 aromatic heterocycles. The summed E-state index contributed by atoms with van der Waals surface area (Å²) in [5, 5.41) is 3.08. The maximum Gasteiger partial charge on any atom is 0.244 e. The second-order valence-electron chi connectivity index (χ2n) is 8.48. The van der Waals surface area contributed by atoms with Gasteiger partial charge >= 0.3 is 0 Å². The molecule has 1 fully saturated rings. The van der Waals surface area contributed by atoms with Crippen molar-refractivity contribution in [3.05, 3.63) is 96.1 Å². The molecule has 34 heavy (non-hydrogen) atoms. The van der Waals surface area contributed by atoms with Crippen molar-refractivity contribution in [3.8, 4) is 16.9 Å². The first kappa shape index (κ1) is 23.3. The zero-order chi connectivity index (χ0) is 23.8. The van der Waals surface area contributed by atoms with Crippen LogP contribution in [0.1, 0.15) is 24.0 Å². The molecule has 0 unspecified atom stereocenters. The van der Waals surface area contributed by atoms with E-state index < -0.39 is 0 Å². The number of nitrogens with zero attached hydrogens (tertiary/aromatic N) is 1. The van der Waals surface area contributed by atoms with E-state index >= 15 is 0 Å². The van der Waals surface area contributed by atoms with Gasteiger partial charge in [-0.2, -0.15) is 0 Å². The van der Waals surface area contributed by atoms with Crippen LogP contribution in [0.2, 0.25) is 0 Å². The summed E-state index contributed by atoms with van der Waals surface area (Å²) in [7, 11) is 1.62. The Morgan fingerprint density at radius 3 is 2.41 bits per heavy atom. The standard InChI is InChI=1S/C29H30N2O3/c1-34-27-13-6-5-11-25(27)21-29(33)31-18-16-26(17-19-31)30-28(32)15-14-22-8-7-12-24(20-22)23-9-3-2-4-10-23/h2-15,20,26H,16-19,21H2,1H3,(H,30,32)/b15-14+. The molecule has 0 atom stereocenters. The molecule has 1 N–H and O–H groups in total. The third-order valence-corrected chi connectivity index (χ3v) is 6.15. The number of methoxy groups -OCH3 is 1. The molecule has 1 saturated heterocycles. The van der Waals surface area contributed by atoms with Gasteiger partial charge in [-0.15, -0.1) is 0 Å². The van der Waals surface area contributed by atoms with Gasteiger partial charge in [-0.3, -0.25) is 9.59 Å². The molecule has 4 rings (SSSR count). The number of nitrogens with one attached hydrogen (secondary N) is 1. The molecule has 5 heteroatoms. The van der Waals surface area contributed by atoms with E-state index in [1.54, 1.807) is 13.2 Å². The summed E-state index contributed by atoms with van der Waals surface area (Å²) in [6.07, 6.45) is 5.25. The second kappa shape index (κ2) is 11.3. The van der Waals surface area contributed by atoms with Gasteiger partial charge in [0.05, 0.1) is 13.5 Å². The van der Waals surface area contributed by atoms with Gasteiger partial charge in [0.15, 0.2) is 0 Å². The largest absolute Gasteiger partial charge is 0.496 e. The van der Waals surface area contributed by atoms with Gasteiger partial charge in [0.2, 0.25) is 11.8 Å². The molecule has 1 heterocycles. The van der Waals surface area contributed by atoms with Crippen LogP contribution in [0.15, 0.2) is 84.9 Å².